The van der Waals surface area contributed by atoms with Crippen LogP contribution in [0.5, 0.6) is 5.75 Å². The molecule has 3 aromatic rings. The summed E-state index contributed by atoms with van der Waals surface area (Å²) in [5, 5.41) is 8.56. The summed E-state index contributed by atoms with van der Waals surface area (Å²) in [4.78, 5) is 23.8. The number of nitrogens with one attached hydrogen (secondary N) is 1. The maximum atomic E-state index is 12.3. The van der Waals surface area contributed by atoms with Gasteiger partial charge in [0.05, 0.1) is 4.90 Å². The van der Waals surface area contributed by atoms with Gasteiger partial charge in [-0.1, -0.05) is 12.1 Å². The lowest BCUT2D eigenvalue weighted by molar-refractivity contribution is -0.127. The van der Waals surface area contributed by atoms with Crippen molar-refractivity contribution in [3.05, 3.63) is 70.1 Å². The number of amides is 1. The van der Waals surface area contributed by atoms with E-state index in [0.717, 1.165) is 10.9 Å². The van der Waals surface area contributed by atoms with Crippen LogP contribution in [0.1, 0.15) is 18.1 Å². The van der Waals surface area contributed by atoms with Gasteiger partial charge in [-0.15, -0.1) is 0 Å². The largest absolute Gasteiger partial charge is 0.481 e. The number of rotatable bonds is 6. The second kappa shape index (κ2) is 8.06. The van der Waals surface area contributed by atoms with Crippen LogP contribution in [-0.4, -0.2) is 20.4 Å². The highest BCUT2D eigenvalue weighted by Gasteiger charge is 2.15. The Hall–Kier alpha value is -3.17. The zero-order chi connectivity index (χ0) is 21.2. The van der Waals surface area contributed by atoms with Crippen molar-refractivity contribution >= 4 is 26.9 Å². The molecule has 2 aromatic carbocycles. The van der Waals surface area contributed by atoms with Crippen LogP contribution in [0, 0.1) is 6.92 Å². The first-order valence-corrected chi connectivity index (χ1v) is 10.3. The number of sulfonamides is 1. The van der Waals surface area contributed by atoms with Gasteiger partial charge in [0.1, 0.15) is 11.3 Å². The molecule has 1 atom stereocenters. The van der Waals surface area contributed by atoms with Gasteiger partial charge in [-0.05, 0) is 49.2 Å². The van der Waals surface area contributed by atoms with E-state index < -0.39 is 21.8 Å². The predicted molar refractivity (Wildman–Crippen MR) is 107 cm³/mol. The number of aryl methyl sites for hydroxylation is 1. The quantitative estimate of drug-likeness (QED) is 0.590. The van der Waals surface area contributed by atoms with Crippen LogP contribution in [-0.2, 0) is 21.4 Å². The number of carbonyl (C=O) groups is 1. The summed E-state index contributed by atoms with van der Waals surface area (Å²) in [6.07, 6.45) is -0.798. The minimum atomic E-state index is -3.75. The average molecular weight is 416 g/mol. The molecule has 0 saturated heterocycles. The van der Waals surface area contributed by atoms with Crippen LogP contribution in [0.4, 0.5) is 0 Å². The van der Waals surface area contributed by atoms with Crippen LogP contribution in [0.15, 0.2) is 62.6 Å². The van der Waals surface area contributed by atoms with E-state index in [0.29, 0.717) is 16.9 Å². The zero-order valence-corrected chi connectivity index (χ0v) is 16.7. The van der Waals surface area contributed by atoms with E-state index in [2.05, 4.69) is 5.32 Å². The molecule has 9 heteroatoms. The molecule has 0 aliphatic heterocycles. The molecule has 8 nitrogen and oxygen atoms in total. The summed E-state index contributed by atoms with van der Waals surface area (Å²) >= 11 is 0. The molecule has 0 spiro atoms. The molecule has 1 aromatic heterocycles. The molecule has 3 N–H and O–H groups in total. The van der Waals surface area contributed by atoms with Gasteiger partial charge in [0.15, 0.2) is 6.10 Å². The van der Waals surface area contributed by atoms with Gasteiger partial charge < -0.3 is 14.5 Å². The van der Waals surface area contributed by atoms with Gasteiger partial charge in [0, 0.05) is 24.1 Å². The predicted octanol–water partition coefficient (Wildman–Crippen LogP) is 1.83. The van der Waals surface area contributed by atoms with Crippen molar-refractivity contribution in [3.8, 4) is 5.75 Å². The van der Waals surface area contributed by atoms with E-state index in [4.69, 9.17) is 14.3 Å². The first kappa shape index (κ1) is 20.6. The number of ether oxygens (including phenoxy) is 1. The number of benzene rings is 2. The molecule has 0 bridgehead atoms. The maximum Gasteiger partial charge on any atom is 0.336 e. The number of fused-ring (bicyclic) bond motifs is 1. The van der Waals surface area contributed by atoms with E-state index in [1.54, 1.807) is 37.3 Å². The monoisotopic (exact) mass is 416 g/mol. The first-order valence-electron chi connectivity index (χ1n) is 8.74. The Morgan fingerprint density at radius 1 is 1.17 bits per heavy atom. The lowest BCUT2D eigenvalue weighted by atomic mass is 10.1. The van der Waals surface area contributed by atoms with Crippen molar-refractivity contribution in [3.63, 3.8) is 0 Å². The van der Waals surface area contributed by atoms with Crippen LogP contribution >= 0.6 is 0 Å². The maximum absolute atomic E-state index is 12.3. The Balaban J connectivity index is 1.63. The van der Waals surface area contributed by atoms with Gasteiger partial charge in [-0.25, -0.2) is 18.4 Å². The molecule has 0 aliphatic rings. The highest BCUT2D eigenvalue weighted by Crippen LogP contribution is 2.23. The van der Waals surface area contributed by atoms with Crippen LogP contribution in [0.2, 0.25) is 0 Å². The highest BCUT2D eigenvalue weighted by atomic mass is 32.2. The molecule has 0 radical (unpaired) electrons. The smallest absolute Gasteiger partial charge is 0.336 e. The van der Waals surface area contributed by atoms with E-state index >= 15 is 0 Å². The Morgan fingerprint density at radius 3 is 2.52 bits per heavy atom. The summed E-state index contributed by atoms with van der Waals surface area (Å²) < 4.78 is 33.3. The average Bonchev–Trinajstić information content (AvgIpc) is 2.65. The van der Waals surface area contributed by atoms with E-state index in [1.807, 2.05) is 6.92 Å². The topological polar surface area (TPSA) is 129 Å². The molecule has 0 fully saturated rings. The summed E-state index contributed by atoms with van der Waals surface area (Å²) in [6, 6.07) is 12.3. The molecule has 3 rings (SSSR count). The lowest BCUT2D eigenvalue weighted by Gasteiger charge is -2.15. The van der Waals surface area contributed by atoms with Gasteiger partial charge in [-0.3, -0.25) is 4.79 Å². The molecule has 0 saturated carbocycles. The Morgan fingerprint density at radius 2 is 1.86 bits per heavy atom. The molecule has 1 heterocycles. The standard InChI is InChI=1S/C20H20N2O6S/c1-12-9-19(23)28-18-10-15(5-8-17(12)18)27-13(2)20(24)22-11-14-3-6-16(7-4-14)29(21,25)26/h3-10,13H,11H2,1-2H3,(H,22,24)(H2,21,25,26)/t13-/m1/s1. The Kier molecular flexibility index (Phi) is 5.71. The normalized spacial score (nSPS) is 12.5. The zero-order valence-electron chi connectivity index (χ0n) is 15.8. The van der Waals surface area contributed by atoms with E-state index in [9.17, 15) is 18.0 Å². The minimum absolute atomic E-state index is 0.00229. The SMILES string of the molecule is Cc1cc(=O)oc2cc(O[C@H](C)C(=O)NCc3ccc(S(N)(=O)=O)cc3)ccc12. The lowest BCUT2D eigenvalue weighted by Crippen LogP contribution is -2.35. The molecule has 1 amide bonds. The summed E-state index contributed by atoms with van der Waals surface area (Å²) in [7, 11) is -3.75. The molecule has 152 valence electrons. The third kappa shape index (κ3) is 5.01. The fourth-order valence-electron chi connectivity index (χ4n) is 2.77. The van der Waals surface area contributed by atoms with Crippen molar-refractivity contribution < 1.29 is 22.4 Å². The van der Waals surface area contributed by atoms with Crippen LogP contribution < -0.4 is 20.8 Å². The third-order valence-corrected chi connectivity index (χ3v) is 5.25. The van der Waals surface area contributed by atoms with Crippen molar-refractivity contribution in [1.82, 2.24) is 5.32 Å². The number of carbonyl (C=O) groups excluding carboxylic acids is 1. The number of nitrogens with two attached hydrogens (primary N) is 1. The third-order valence-electron chi connectivity index (χ3n) is 4.32. The van der Waals surface area contributed by atoms with Crippen molar-refractivity contribution in [2.24, 2.45) is 5.14 Å². The summed E-state index contributed by atoms with van der Waals surface area (Å²) in [5.41, 5.74) is 1.43. The van der Waals surface area contributed by atoms with Gasteiger partial charge in [-0.2, -0.15) is 0 Å². The van der Waals surface area contributed by atoms with Crippen molar-refractivity contribution in [2.75, 3.05) is 0 Å². The molecule has 0 aliphatic carbocycles. The summed E-state index contributed by atoms with van der Waals surface area (Å²) in [6.45, 7) is 3.60. The fourth-order valence-corrected chi connectivity index (χ4v) is 3.28. The number of hydrogen-bond acceptors (Lipinski definition) is 6. The second-order valence-electron chi connectivity index (χ2n) is 6.57. The van der Waals surface area contributed by atoms with Crippen LogP contribution in [0.3, 0.4) is 0 Å². The van der Waals surface area contributed by atoms with Gasteiger partial charge in [0.2, 0.25) is 10.0 Å². The fraction of sp³-hybridized carbons (Fsp3) is 0.200. The molecular weight excluding hydrogens is 396 g/mol. The first-order chi connectivity index (χ1) is 13.6. The Bertz CT molecular complexity index is 1220. The van der Waals surface area contributed by atoms with Gasteiger partial charge in [0.25, 0.3) is 5.91 Å². The van der Waals surface area contributed by atoms with Crippen molar-refractivity contribution in [1.29, 1.82) is 0 Å². The molecule has 0 unspecified atom stereocenters. The number of hydrogen-bond donors (Lipinski definition) is 2. The Labute approximate surface area is 167 Å². The number of primary sulfonamides is 1. The molecular formula is C20H20N2O6S. The molecule has 29 heavy (non-hydrogen) atoms. The minimum Gasteiger partial charge on any atom is -0.481 e. The van der Waals surface area contributed by atoms with Gasteiger partial charge >= 0.3 is 5.63 Å². The van der Waals surface area contributed by atoms with Crippen LogP contribution in [0.25, 0.3) is 11.0 Å². The van der Waals surface area contributed by atoms with E-state index in [-0.39, 0.29) is 17.3 Å². The summed E-state index contributed by atoms with van der Waals surface area (Å²) in [5.74, 6) is 0.0396. The highest BCUT2D eigenvalue weighted by molar-refractivity contribution is 7.89. The second-order valence-corrected chi connectivity index (χ2v) is 8.13. The van der Waals surface area contributed by atoms with Crippen molar-refractivity contribution in [2.45, 2.75) is 31.4 Å². The van der Waals surface area contributed by atoms with E-state index in [1.165, 1.54) is 18.2 Å².